The maximum Gasteiger partial charge on any atom is 0.243 e. The molecule has 2 aromatic rings. The van der Waals surface area contributed by atoms with E-state index < -0.39 is 0 Å². The van der Waals surface area contributed by atoms with Crippen molar-refractivity contribution in [2.24, 2.45) is 5.92 Å². The Morgan fingerprint density at radius 2 is 2.47 bits per heavy atom. The molecule has 1 fully saturated rings. The lowest BCUT2D eigenvalue weighted by molar-refractivity contribution is 0.613. The van der Waals surface area contributed by atoms with Gasteiger partial charge in [0.2, 0.25) is 5.95 Å². The number of halogens is 1. The number of nitrogens with zero attached hydrogens (tertiary/aromatic N) is 3. The number of hydrogen-bond donors (Lipinski definition) is 2. The van der Waals surface area contributed by atoms with Gasteiger partial charge in [0.15, 0.2) is 5.65 Å². The fourth-order valence-corrected chi connectivity index (χ4v) is 2.21. The number of aromatic nitrogens is 3. The van der Waals surface area contributed by atoms with Crippen molar-refractivity contribution in [1.29, 1.82) is 0 Å². The van der Waals surface area contributed by atoms with E-state index in [4.69, 9.17) is 11.6 Å². The SMILES string of the molecule is Clc1ccc2nc(NCC3CCNC3)nn2c1. The van der Waals surface area contributed by atoms with Gasteiger partial charge in [0, 0.05) is 12.7 Å². The molecule has 0 aliphatic carbocycles. The highest BCUT2D eigenvalue weighted by Gasteiger charge is 2.14. The quantitative estimate of drug-likeness (QED) is 0.866. The summed E-state index contributed by atoms with van der Waals surface area (Å²) in [5.74, 6) is 1.34. The Morgan fingerprint density at radius 3 is 3.29 bits per heavy atom. The molecule has 1 saturated heterocycles. The molecule has 5 nitrogen and oxygen atoms in total. The van der Waals surface area contributed by atoms with Gasteiger partial charge >= 0.3 is 0 Å². The first-order valence-electron chi connectivity index (χ1n) is 5.78. The zero-order valence-corrected chi connectivity index (χ0v) is 10.1. The molecule has 1 aliphatic heterocycles. The summed E-state index contributed by atoms with van der Waals surface area (Å²) in [6.07, 6.45) is 2.97. The van der Waals surface area contributed by atoms with Crippen LogP contribution in [0, 0.1) is 5.92 Å². The Kier molecular flexibility index (Phi) is 2.86. The van der Waals surface area contributed by atoms with E-state index in [2.05, 4.69) is 20.7 Å². The summed E-state index contributed by atoms with van der Waals surface area (Å²) in [7, 11) is 0. The van der Waals surface area contributed by atoms with E-state index in [0.717, 1.165) is 25.3 Å². The van der Waals surface area contributed by atoms with Gasteiger partial charge in [0.25, 0.3) is 0 Å². The Bertz CT molecular complexity index is 518. The van der Waals surface area contributed by atoms with Crippen LogP contribution in [-0.4, -0.2) is 34.2 Å². The number of rotatable bonds is 3. The van der Waals surface area contributed by atoms with Gasteiger partial charge in [0.1, 0.15) is 0 Å². The second kappa shape index (κ2) is 4.50. The molecule has 90 valence electrons. The highest BCUT2D eigenvalue weighted by atomic mass is 35.5. The van der Waals surface area contributed by atoms with Crippen molar-refractivity contribution in [1.82, 2.24) is 19.9 Å². The van der Waals surface area contributed by atoms with Crippen molar-refractivity contribution >= 4 is 23.2 Å². The van der Waals surface area contributed by atoms with Crippen LogP contribution in [-0.2, 0) is 0 Å². The number of hydrogen-bond acceptors (Lipinski definition) is 4. The second-order valence-electron chi connectivity index (χ2n) is 4.33. The number of anilines is 1. The largest absolute Gasteiger partial charge is 0.353 e. The molecule has 0 radical (unpaired) electrons. The minimum atomic E-state index is 0.661. The summed E-state index contributed by atoms with van der Waals surface area (Å²) >= 11 is 5.89. The van der Waals surface area contributed by atoms with Crippen molar-refractivity contribution in [3.63, 3.8) is 0 Å². The molecule has 0 aromatic carbocycles. The third-order valence-corrected chi connectivity index (χ3v) is 3.23. The molecular formula is C11H14ClN5. The molecule has 0 amide bonds. The van der Waals surface area contributed by atoms with Crippen molar-refractivity contribution in [2.75, 3.05) is 25.0 Å². The highest BCUT2D eigenvalue weighted by molar-refractivity contribution is 6.30. The van der Waals surface area contributed by atoms with Gasteiger partial charge in [-0.3, -0.25) is 0 Å². The molecule has 0 bridgehead atoms. The van der Waals surface area contributed by atoms with E-state index in [1.54, 1.807) is 10.7 Å². The summed E-state index contributed by atoms with van der Waals surface area (Å²) in [5.41, 5.74) is 0.807. The Labute approximate surface area is 104 Å². The van der Waals surface area contributed by atoms with Crippen molar-refractivity contribution in [2.45, 2.75) is 6.42 Å². The molecule has 2 N–H and O–H groups in total. The summed E-state index contributed by atoms with van der Waals surface area (Å²) in [6, 6.07) is 3.67. The predicted molar refractivity (Wildman–Crippen MR) is 67.5 cm³/mol. The molecule has 2 aromatic heterocycles. The van der Waals surface area contributed by atoms with Crippen molar-refractivity contribution in [3.05, 3.63) is 23.4 Å². The molecule has 1 unspecified atom stereocenters. The Hall–Kier alpha value is -1.33. The highest BCUT2D eigenvalue weighted by Crippen LogP contribution is 2.12. The van der Waals surface area contributed by atoms with Gasteiger partial charge < -0.3 is 10.6 Å². The summed E-state index contributed by atoms with van der Waals surface area (Å²) < 4.78 is 1.69. The van der Waals surface area contributed by atoms with Gasteiger partial charge in [-0.1, -0.05) is 11.6 Å². The topological polar surface area (TPSA) is 54.2 Å². The minimum absolute atomic E-state index is 0.661. The molecule has 3 heterocycles. The number of nitrogens with one attached hydrogen (secondary N) is 2. The van der Waals surface area contributed by atoms with Crippen LogP contribution in [0.5, 0.6) is 0 Å². The fraction of sp³-hybridized carbons (Fsp3) is 0.455. The van der Waals surface area contributed by atoms with Crippen LogP contribution in [0.2, 0.25) is 5.02 Å². The Morgan fingerprint density at radius 1 is 1.53 bits per heavy atom. The molecule has 6 heteroatoms. The third-order valence-electron chi connectivity index (χ3n) is 3.01. The maximum atomic E-state index is 5.89. The summed E-state index contributed by atoms with van der Waals surface area (Å²) in [5, 5.41) is 11.6. The van der Waals surface area contributed by atoms with Gasteiger partial charge in [0.05, 0.1) is 5.02 Å². The van der Waals surface area contributed by atoms with Crippen molar-refractivity contribution in [3.8, 4) is 0 Å². The molecule has 1 aliphatic rings. The maximum absolute atomic E-state index is 5.89. The van der Waals surface area contributed by atoms with Crippen LogP contribution in [0.1, 0.15) is 6.42 Å². The molecule has 0 saturated carbocycles. The van der Waals surface area contributed by atoms with E-state index in [-0.39, 0.29) is 0 Å². The van der Waals surface area contributed by atoms with Crippen LogP contribution in [0.15, 0.2) is 18.3 Å². The first kappa shape index (κ1) is 10.8. The van der Waals surface area contributed by atoms with Crippen LogP contribution >= 0.6 is 11.6 Å². The summed E-state index contributed by atoms with van der Waals surface area (Å²) in [4.78, 5) is 4.38. The standard InChI is InChI=1S/C11H14ClN5/c12-9-1-2-10-15-11(16-17(10)7-9)14-6-8-3-4-13-5-8/h1-2,7-8,13H,3-6H2,(H,14,16). The van der Waals surface area contributed by atoms with Crippen LogP contribution in [0.4, 0.5) is 5.95 Å². The molecular weight excluding hydrogens is 238 g/mol. The van der Waals surface area contributed by atoms with Gasteiger partial charge in [-0.15, -0.1) is 5.10 Å². The molecule has 17 heavy (non-hydrogen) atoms. The van der Waals surface area contributed by atoms with E-state index in [1.807, 2.05) is 12.1 Å². The third kappa shape index (κ3) is 2.35. The zero-order chi connectivity index (χ0) is 11.7. The first-order valence-corrected chi connectivity index (χ1v) is 6.15. The lowest BCUT2D eigenvalue weighted by Crippen LogP contribution is -2.17. The minimum Gasteiger partial charge on any atom is -0.353 e. The van der Waals surface area contributed by atoms with E-state index in [1.165, 1.54) is 6.42 Å². The van der Waals surface area contributed by atoms with Crippen molar-refractivity contribution < 1.29 is 0 Å². The normalized spacial score (nSPS) is 19.9. The Balaban J connectivity index is 1.72. The second-order valence-corrected chi connectivity index (χ2v) is 4.76. The lowest BCUT2D eigenvalue weighted by Gasteiger charge is -2.07. The van der Waals surface area contributed by atoms with E-state index >= 15 is 0 Å². The fourth-order valence-electron chi connectivity index (χ4n) is 2.06. The van der Waals surface area contributed by atoms with Gasteiger partial charge in [-0.25, -0.2) is 4.52 Å². The number of fused-ring (bicyclic) bond motifs is 1. The lowest BCUT2D eigenvalue weighted by atomic mass is 10.1. The van der Waals surface area contributed by atoms with Gasteiger partial charge in [-0.2, -0.15) is 4.98 Å². The predicted octanol–water partition coefficient (Wildman–Crippen LogP) is 1.40. The molecule has 0 spiro atoms. The molecule has 3 rings (SSSR count). The molecule has 1 atom stereocenters. The first-order chi connectivity index (χ1) is 8.31. The number of pyridine rings is 1. The average molecular weight is 252 g/mol. The monoisotopic (exact) mass is 251 g/mol. The van der Waals surface area contributed by atoms with E-state index in [9.17, 15) is 0 Å². The van der Waals surface area contributed by atoms with Crippen LogP contribution in [0.25, 0.3) is 5.65 Å². The smallest absolute Gasteiger partial charge is 0.243 e. The zero-order valence-electron chi connectivity index (χ0n) is 9.36. The van der Waals surface area contributed by atoms with E-state index in [0.29, 0.717) is 16.9 Å². The average Bonchev–Trinajstić information content (AvgIpc) is 2.94. The summed E-state index contributed by atoms with van der Waals surface area (Å²) in [6.45, 7) is 3.10. The van der Waals surface area contributed by atoms with Crippen LogP contribution in [0.3, 0.4) is 0 Å². The van der Waals surface area contributed by atoms with Gasteiger partial charge in [-0.05, 0) is 37.6 Å². The van der Waals surface area contributed by atoms with Crippen LogP contribution < -0.4 is 10.6 Å².